The van der Waals surface area contributed by atoms with E-state index in [0.29, 0.717) is 38.3 Å². The molecule has 29 heavy (non-hydrogen) atoms. The molecule has 0 saturated carbocycles. The molecule has 6 nitrogen and oxygen atoms in total. The number of aromatic nitrogens is 2. The van der Waals surface area contributed by atoms with Crippen molar-refractivity contribution in [2.24, 2.45) is 5.41 Å². The van der Waals surface area contributed by atoms with E-state index in [2.05, 4.69) is 10.2 Å². The number of hydrogen-bond acceptors (Lipinski definition) is 5. The zero-order valence-corrected chi connectivity index (χ0v) is 16.2. The van der Waals surface area contributed by atoms with Crippen LogP contribution in [0.5, 0.6) is 0 Å². The molecule has 1 spiro atoms. The zero-order valence-electron chi connectivity index (χ0n) is 16.2. The average Bonchev–Trinajstić information content (AvgIpc) is 2.77. The lowest BCUT2D eigenvalue weighted by Gasteiger charge is -2.47. The zero-order chi connectivity index (χ0) is 19.8. The van der Waals surface area contributed by atoms with Gasteiger partial charge < -0.3 is 15.3 Å². The van der Waals surface area contributed by atoms with Crippen LogP contribution in [0.15, 0.2) is 54.6 Å². The second-order valence-corrected chi connectivity index (χ2v) is 8.00. The van der Waals surface area contributed by atoms with Gasteiger partial charge in [0.05, 0.1) is 17.0 Å². The molecule has 0 aliphatic carbocycles. The Hall–Kier alpha value is -2.99. The van der Waals surface area contributed by atoms with Crippen LogP contribution in [0.2, 0.25) is 0 Å². The van der Waals surface area contributed by atoms with Crippen LogP contribution < -0.4 is 10.2 Å². The molecule has 2 saturated heterocycles. The van der Waals surface area contributed by atoms with Crippen molar-refractivity contribution in [1.82, 2.24) is 15.3 Å². The fraction of sp³-hybridized carbons (Fsp3) is 0.348. The second kappa shape index (κ2) is 7.12. The lowest BCUT2D eigenvalue weighted by atomic mass is 9.71. The maximum Gasteiger partial charge on any atom is 0.230 e. The van der Waals surface area contributed by atoms with Gasteiger partial charge in [0.1, 0.15) is 5.82 Å². The molecule has 2 atom stereocenters. The molecule has 2 aromatic carbocycles. The first-order valence-corrected chi connectivity index (χ1v) is 10.2. The van der Waals surface area contributed by atoms with E-state index in [9.17, 15) is 9.90 Å². The summed E-state index contributed by atoms with van der Waals surface area (Å²) in [6.45, 7) is 1.81. The maximum atomic E-state index is 12.8. The van der Waals surface area contributed by atoms with Crippen LogP contribution in [-0.2, 0) is 4.79 Å². The van der Waals surface area contributed by atoms with Crippen molar-refractivity contribution in [2.75, 3.05) is 24.5 Å². The molecule has 1 amide bonds. The van der Waals surface area contributed by atoms with E-state index < -0.39 is 11.5 Å². The molecule has 0 bridgehead atoms. The van der Waals surface area contributed by atoms with E-state index in [4.69, 9.17) is 9.97 Å². The molecule has 3 heterocycles. The fourth-order valence-electron chi connectivity index (χ4n) is 4.64. The van der Waals surface area contributed by atoms with Crippen LogP contribution in [0, 0.1) is 5.41 Å². The molecule has 1 aromatic heterocycles. The number of benzene rings is 2. The lowest BCUT2D eigenvalue weighted by Crippen LogP contribution is -2.61. The Labute approximate surface area is 169 Å². The number of nitrogens with one attached hydrogen (secondary N) is 1. The summed E-state index contributed by atoms with van der Waals surface area (Å²) in [7, 11) is 0. The summed E-state index contributed by atoms with van der Waals surface area (Å²) >= 11 is 0. The summed E-state index contributed by atoms with van der Waals surface area (Å²) in [5, 5.41) is 14.7. The van der Waals surface area contributed by atoms with E-state index in [0.717, 1.165) is 28.7 Å². The van der Waals surface area contributed by atoms with Gasteiger partial charge in [0.25, 0.3) is 0 Å². The van der Waals surface area contributed by atoms with Gasteiger partial charge in [-0.2, -0.15) is 0 Å². The number of hydrogen-bond donors (Lipinski definition) is 2. The quantitative estimate of drug-likeness (QED) is 0.706. The molecular formula is C23H24N4O2. The van der Waals surface area contributed by atoms with E-state index in [1.807, 2.05) is 54.6 Å². The highest BCUT2D eigenvalue weighted by Gasteiger charge is 2.50. The third-order valence-corrected chi connectivity index (χ3v) is 6.24. The van der Waals surface area contributed by atoms with Gasteiger partial charge in [-0.15, -0.1) is 0 Å². The molecular weight excluding hydrogens is 364 g/mol. The highest BCUT2D eigenvalue weighted by molar-refractivity contribution is 5.92. The largest absolute Gasteiger partial charge is 0.392 e. The van der Waals surface area contributed by atoms with E-state index in [-0.39, 0.29) is 5.91 Å². The third kappa shape index (κ3) is 3.04. The smallest absolute Gasteiger partial charge is 0.230 e. The van der Waals surface area contributed by atoms with Crippen molar-refractivity contribution in [2.45, 2.75) is 25.4 Å². The number of anilines is 1. The predicted octanol–water partition coefficient (Wildman–Crippen LogP) is 2.76. The molecule has 2 aliphatic rings. The number of amides is 1. The molecule has 3 aromatic rings. The lowest BCUT2D eigenvalue weighted by molar-refractivity contribution is -0.142. The van der Waals surface area contributed by atoms with Crippen molar-refractivity contribution < 1.29 is 9.90 Å². The molecule has 2 N–H and O–H groups in total. The summed E-state index contributed by atoms with van der Waals surface area (Å²) in [6.07, 6.45) is 1.51. The van der Waals surface area contributed by atoms with Gasteiger partial charge in [-0.1, -0.05) is 42.5 Å². The Morgan fingerprint density at radius 2 is 1.86 bits per heavy atom. The summed E-state index contributed by atoms with van der Waals surface area (Å²) in [5.74, 6) is 1.47. The molecule has 5 rings (SSSR count). The Kier molecular flexibility index (Phi) is 4.43. The first kappa shape index (κ1) is 18.1. The third-order valence-electron chi connectivity index (χ3n) is 6.24. The average molecular weight is 388 g/mol. The number of rotatable bonds is 2. The van der Waals surface area contributed by atoms with Crippen molar-refractivity contribution in [1.29, 1.82) is 0 Å². The van der Waals surface area contributed by atoms with E-state index in [1.165, 1.54) is 0 Å². The van der Waals surface area contributed by atoms with Crippen molar-refractivity contribution in [3.63, 3.8) is 0 Å². The summed E-state index contributed by atoms with van der Waals surface area (Å²) < 4.78 is 0. The monoisotopic (exact) mass is 388 g/mol. The standard InChI is InChI=1S/C23H24N4O2/c28-19-11-14-27(15-23(19)12-6-13-24-22(23)29)21-17-9-4-5-10-18(17)25-20(26-21)16-7-2-1-3-8-16/h1-5,7-10,19,28H,6,11-15H2,(H,24,29)/t19-,23-/m1/s1. The number of carbonyl (C=O) groups excluding carboxylic acids is 1. The van der Waals surface area contributed by atoms with Crippen molar-refractivity contribution >= 4 is 22.6 Å². The highest BCUT2D eigenvalue weighted by Crippen LogP contribution is 2.40. The molecule has 2 fully saturated rings. The molecule has 0 radical (unpaired) electrons. The van der Waals surface area contributed by atoms with Crippen LogP contribution in [0.4, 0.5) is 5.82 Å². The summed E-state index contributed by atoms with van der Waals surface area (Å²) in [5.41, 5.74) is 1.07. The number of aliphatic hydroxyl groups is 1. The minimum absolute atomic E-state index is 0.0393. The number of para-hydroxylation sites is 1. The van der Waals surface area contributed by atoms with Crippen LogP contribution in [0.3, 0.4) is 0 Å². The van der Waals surface area contributed by atoms with Gasteiger partial charge >= 0.3 is 0 Å². The molecule has 0 unspecified atom stereocenters. The van der Waals surface area contributed by atoms with Crippen LogP contribution in [-0.4, -0.2) is 46.7 Å². The Balaban J connectivity index is 1.61. The first-order chi connectivity index (χ1) is 14.2. The topological polar surface area (TPSA) is 78.4 Å². The molecule has 148 valence electrons. The van der Waals surface area contributed by atoms with E-state index in [1.54, 1.807) is 0 Å². The van der Waals surface area contributed by atoms with Gasteiger partial charge in [-0.05, 0) is 31.4 Å². The predicted molar refractivity (Wildman–Crippen MR) is 112 cm³/mol. The minimum atomic E-state index is -0.768. The fourth-order valence-corrected chi connectivity index (χ4v) is 4.64. The van der Waals surface area contributed by atoms with Crippen LogP contribution in [0.25, 0.3) is 22.3 Å². The van der Waals surface area contributed by atoms with Gasteiger partial charge in [0.15, 0.2) is 5.82 Å². The Bertz CT molecular complexity index is 1060. The van der Waals surface area contributed by atoms with Gasteiger partial charge in [-0.25, -0.2) is 9.97 Å². The normalized spacial score (nSPS) is 24.7. The van der Waals surface area contributed by atoms with Crippen molar-refractivity contribution in [3.8, 4) is 11.4 Å². The summed E-state index contributed by atoms with van der Waals surface area (Å²) in [4.78, 5) is 24.6. The van der Waals surface area contributed by atoms with Crippen LogP contribution in [0.1, 0.15) is 19.3 Å². The maximum absolute atomic E-state index is 12.8. The number of aliphatic hydroxyl groups excluding tert-OH is 1. The van der Waals surface area contributed by atoms with E-state index >= 15 is 0 Å². The first-order valence-electron chi connectivity index (χ1n) is 10.2. The Morgan fingerprint density at radius 1 is 1.07 bits per heavy atom. The molecule has 2 aliphatic heterocycles. The Morgan fingerprint density at radius 3 is 2.69 bits per heavy atom. The second-order valence-electron chi connectivity index (χ2n) is 8.00. The SMILES string of the molecule is O=C1NCCC[C@]12CN(c1nc(-c3ccccc3)nc3ccccc13)CC[C@H]2O. The number of carbonyl (C=O) groups is 1. The highest BCUT2D eigenvalue weighted by atomic mass is 16.3. The van der Waals surface area contributed by atoms with Gasteiger partial charge in [0, 0.05) is 30.6 Å². The number of fused-ring (bicyclic) bond motifs is 1. The van der Waals surface area contributed by atoms with Crippen molar-refractivity contribution in [3.05, 3.63) is 54.6 Å². The van der Waals surface area contributed by atoms with Gasteiger partial charge in [0.2, 0.25) is 5.91 Å². The van der Waals surface area contributed by atoms with Gasteiger partial charge in [-0.3, -0.25) is 4.79 Å². The molecule has 6 heteroatoms. The minimum Gasteiger partial charge on any atom is -0.392 e. The summed E-state index contributed by atoms with van der Waals surface area (Å²) in [6, 6.07) is 17.9. The van der Waals surface area contributed by atoms with Crippen LogP contribution >= 0.6 is 0 Å². The number of piperidine rings is 2. The number of nitrogens with zero attached hydrogens (tertiary/aromatic N) is 3.